The Labute approximate surface area is 203 Å². The van der Waals surface area contributed by atoms with Crippen molar-refractivity contribution in [2.75, 3.05) is 13.1 Å². The van der Waals surface area contributed by atoms with E-state index in [9.17, 15) is 0 Å². The lowest BCUT2D eigenvalue weighted by molar-refractivity contribution is 0.135. The van der Waals surface area contributed by atoms with Crippen molar-refractivity contribution in [3.63, 3.8) is 0 Å². The zero-order valence-corrected chi connectivity index (χ0v) is 22.6. The molecule has 0 radical (unpaired) electrons. The van der Waals surface area contributed by atoms with Gasteiger partial charge in [-0.3, -0.25) is 0 Å². The second kappa shape index (κ2) is 22.1. The van der Waals surface area contributed by atoms with Gasteiger partial charge in [-0.2, -0.15) is 0 Å². The van der Waals surface area contributed by atoms with Crippen molar-refractivity contribution in [2.45, 2.75) is 168 Å². The molecule has 0 saturated carbocycles. The van der Waals surface area contributed by atoms with E-state index in [4.69, 9.17) is 0 Å². The molecule has 2 heteroatoms. The van der Waals surface area contributed by atoms with Gasteiger partial charge in [-0.25, -0.2) is 0 Å². The van der Waals surface area contributed by atoms with Gasteiger partial charge in [0.2, 0.25) is 0 Å². The Morgan fingerprint density at radius 1 is 0.406 bits per heavy atom. The fourth-order valence-electron chi connectivity index (χ4n) is 5.13. The molecule has 1 unspecified atom stereocenters. The van der Waals surface area contributed by atoms with Gasteiger partial charge >= 0.3 is 0 Å². The lowest BCUT2D eigenvalue weighted by Gasteiger charge is -2.33. The molecule has 2 nitrogen and oxygen atoms in total. The molecule has 1 rings (SSSR count). The van der Waals surface area contributed by atoms with Crippen molar-refractivity contribution >= 4 is 0 Å². The van der Waals surface area contributed by atoms with Crippen LogP contribution in [0.2, 0.25) is 0 Å². The minimum atomic E-state index is 0.644. The van der Waals surface area contributed by atoms with Crippen molar-refractivity contribution in [2.24, 2.45) is 0 Å². The Bertz CT molecular complexity index is 406. The summed E-state index contributed by atoms with van der Waals surface area (Å²) in [5.41, 5.74) is 0. The molecule has 0 saturated heterocycles. The molecule has 1 aliphatic heterocycles. The minimum Gasteiger partial charge on any atom is -0.356 e. The predicted molar refractivity (Wildman–Crippen MR) is 145 cm³/mol. The lowest BCUT2D eigenvalue weighted by atomic mass is 10.1. The molecule has 0 aliphatic carbocycles. The zero-order valence-electron chi connectivity index (χ0n) is 22.6. The Morgan fingerprint density at radius 3 is 1.12 bits per heavy atom. The molecule has 32 heavy (non-hydrogen) atoms. The smallest absolute Gasteiger partial charge is 0.101 e. The van der Waals surface area contributed by atoms with E-state index in [2.05, 4.69) is 43.0 Å². The van der Waals surface area contributed by atoms with Gasteiger partial charge in [0.25, 0.3) is 0 Å². The molecule has 1 aliphatic rings. The van der Waals surface area contributed by atoms with Crippen LogP contribution in [-0.2, 0) is 0 Å². The van der Waals surface area contributed by atoms with Gasteiger partial charge in [-0.15, -0.1) is 0 Å². The second-order valence-electron chi connectivity index (χ2n) is 10.4. The van der Waals surface area contributed by atoms with Crippen molar-refractivity contribution in [1.82, 2.24) is 9.80 Å². The third-order valence-electron chi connectivity index (χ3n) is 7.32. The fraction of sp³-hybridized carbons (Fsp3) is 0.933. The Morgan fingerprint density at radius 2 is 0.719 bits per heavy atom. The summed E-state index contributed by atoms with van der Waals surface area (Å²) >= 11 is 0. The summed E-state index contributed by atoms with van der Waals surface area (Å²) < 4.78 is 0. The van der Waals surface area contributed by atoms with E-state index in [1.807, 2.05) is 0 Å². The topological polar surface area (TPSA) is 6.48 Å². The largest absolute Gasteiger partial charge is 0.356 e. The van der Waals surface area contributed by atoms with E-state index in [0.29, 0.717) is 6.17 Å². The maximum atomic E-state index is 2.68. The Kier molecular flexibility index (Phi) is 20.3. The second-order valence-corrected chi connectivity index (χ2v) is 10.4. The fourth-order valence-corrected chi connectivity index (χ4v) is 5.13. The molecule has 1 atom stereocenters. The van der Waals surface area contributed by atoms with Crippen molar-refractivity contribution in [3.8, 4) is 0 Å². The number of hydrogen-bond donors (Lipinski definition) is 0. The van der Waals surface area contributed by atoms with Gasteiger partial charge in [-0.05, 0) is 25.7 Å². The first-order valence-electron chi connectivity index (χ1n) is 15.0. The molecular weight excluding hydrogens is 388 g/mol. The highest BCUT2D eigenvalue weighted by atomic mass is 15.4. The first-order valence-corrected chi connectivity index (χ1v) is 15.0. The Hall–Kier alpha value is -0.660. The predicted octanol–water partition coefficient (Wildman–Crippen LogP) is 10.0. The van der Waals surface area contributed by atoms with Gasteiger partial charge in [0.05, 0.1) is 0 Å². The van der Waals surface area contributed by atoms with Gasteiger partial charge in [0.1, 0.15) is 6.17 Å². The van der Waals surface area contributed by atoms with E-state index >= 15 is 0 Å². The van der Waals surface area contributed by atoms with Crippen LogP contribution in [0.1, 0.15) is 162 Å². The van der Waals surface area contributed by atoms with Crippen LogP contribution in [0.5, 0.6) is 0 Å². The van der Waals surface area contributed by atoms with Crippen LogP contribution >= 0.6 is 0 Å². The molecule has 0 bridgehead atoms. The normalized spacial score (nSPS) is 15.9. The summed E-state index contributed by atoms with van der Waals surface area (Å²) in [6.45, 7) is 9.45. The molecule has 0 fully saturated rings. The minimum absolute atomic E-state index is 0.644. The summed E-state index contributed by atoms with van der Waals surface area (Å²) in [7, 11) is 0. The molecule has 0 aromatic rings. The monoisotopic (exact) mass is 448 g/mol. The molecule has 0 spiro atoms. The van der Waals surface area contributed by atoms with Crippen molar-refractivity contribution in [1.29, 1.82) is 0 Å². The van der Waals surface area contributed by atoms with Crippen LogP contribution in [0, 0.1) is 0 Å². The summed E-state index contributed by atoms with van der Waals surface area (Å²) in [5, 5.41) is 0. The number of nitrogens with zero attached hydrogens (tertiary/aromatic N) is 2. The first-order chi connectivity index (χ1) is 15.8. The van der Waals surface area contributed by atoms with E-state index in [1.54, 1.807) is 0 Å². The summed E-state index contributed by atoms with van der Waals surface area (Å²) in [6.07, 6.45) is 36.5. The third kappa shape index (κ3) is 15.2. The molecular formula is C30H60N2. The van der Waals surface area contributed by atoms with E-state index in [0.717, 1.165) is 0 Å². The van der Waals surface area contributed by atoms with Crippen LogP contribution in [0.4, 0.5) is 0 Å². The summed E-state index contributed by atoms with van der Waals surface area (Å²) in [4.78, 5) is 5.35. The summed E-state index contributed by atoms with van der Waals surface area (Å²) in [5.74, 6) is 0. The molecule has 1 heterocycles. The molecule has 190 valence electrons. The average molecular weight is 449 g/mol. The molecule has 0 amide bonds. The third-order valence-corrected chi connectivity index (χ3v) is 7.32. The molecule has 0 N–H and O–H groups in total. The van der Waals surface area contributed by atoms with E-state index in [1.165, 1.54) is 154 Å². The maximum Gasteiger partial charge on any atom is 0.101 e. The highest BCUT2D eigenvalue weighted by Gasteiger charge is 2.24. The summed E-state index contributed by atoms with van der Waals surface area (Å²) in [6, 6.07) is 0. The number of unbranched alkanes of at least 4 members (excludes halogenated alkanes) is 18. The van der Waals surface area contributed by atoms with Gasteiger partial charge in [0, 0.05) is 25.5 Å². The average Bonchev–Trinajstić information content (AvgIpc) is 3.19. The molecule has 0 aromatic carbocycles. The Balaban J connectivity index is 2.24. The van der Waals surface area contributed by atoms with E-state index < -0.39 is 0 Å². The lowest BCUT2D eigenvalue weighted by Crippen LogP contribution is -2.39. The van der Waals surface area contributed by atoms with Gasteiger partial charge < -0.3 is 9.80 Å². The SMILES string of the molecule is CCCCCCCCCCCN1C=CN(CCCCCC)C1CCCCCCCCCC. The first kappa shape index (κ1) is 29.4. The number of rotatable bonds is 24. The van der Waals surface area contributed by atoms with Crippen molar-refractivity contribution < 1.29 is 0 Å². The highest BCUT2D eigenvalue weighted by molar-refractivity contribution is 4.97. The standard InChI is InChI=1S/C30H60N2/c1-4-7-10-13-15-17-19-21-24-27-32-29-28-31(26-23-12-9-6-3)30(32)25-22-20-18-16-14-11-8-5-2/h28-30H,4-27H2,1-3H3. The van der Waals surface area contributed by atoms with Gasteiger partial charge in [0.15, 0.2) is 0 Å². The maximum absolute atomic E-state index is 2.68. The van der Waals surface area contributed by atoms with Crippen LogP contribution < -0.4 is 0 Å². The van der Waals surface area contributed by atoms with Gasteiger partial charge in [-0.1, -0.05) is 136 Å². The zero-order chi connectivity index (χ0) is 23.1. The highest BCUT2D eigenvalue weighted by Crippen LogP contribution is 2.23. The van der Waals surface area contributed by atoms with E-state index in [-0.39, 0.29) is 0 Å². The quantitative estimate of drug-likeness (QED) is 0.135. The molecule has 0 aromatic heterocycles. The van der Waals surface area contributed by atoms with Crippen LogP contribution in [0.15, 0.2) is 12.4 Å². The van der Waals surface area contributed by atoms with Crippen molar-refractivity contribution in [3.05, 3.63) is 12.4 Å². The van der Waals surface area contributed by atoms with Crippen LogP contribution in [0.25, 0.3) is 0 Å². The number of hydrogen-bond acceptors (Lipinski definition) is 2. The van der Waals surface area contributed by atoms with Crippen LogP contribution in [-0.4, -0.2) is 29.1 Å². The van der Waals surface area contributed by atoms with Crippen LogP contribution in [0.3, 0.4) is 0 Å².